The topological polar surface area (TPSA) is 39.2 Å². The van der Waals surface area contributed by atoms with Crippen LogP contribution in [0.1, 0.15) is 18.9 Å². The molecular weight excluding hydrogens is 222 g/mol. The van der Waals surface area contributed by atoms with E-state index in [0.717, 1.165) is 12.2 Å². The Kier molecular flexibility index (Phi) is 5.93. The van der Waals surface area contributed by atoms with Crippen molar-refractivity contribution in [2.45, 2.75) is 25.0 Å². The molecule has 1 aromatic rings. The summed E-state index contributed by atoms with van der Waals surface area (Å²) in [6, 6.07) is 4.04. The summed E-state index contributed by atoms with van der Waals surface area (Å²) >= 11 is 1.79. The molecule has 1 atom stereocenters. The molecular formula is C12H17NO2S. The van der Waals surface area contributed by atoms with Crippen LogP contribution >= 0.6 is 11.8 Å². The second kappa shape index (κ2) is 7.28. The van der Waals surface area contributed by atoms with Gasteiger partial charge in [0, 0.05) is 17.6 Å². The van der Waals surface area contributed by atoms with E-state index in [0.29, 0.717) is 11.7 Å². The van der Waals surface area contributed by atoms with Gasteiger partial charge in [-0.15, -0.1) is 0 Å². The SMILES string of the molecule is COC(=O)CC(C)SCCc1ccncc1. The maximum Gasteiger partial charge on any atom is 0.306 e. The van der Waals surface area contributed by atoms with Gasteiger partial charge in [0.25, 0.3) is 0 Å². The summed E-state index contributed by atoms with van der Waals surface area (Å²) in [5.41, 5.74) is 1.28. The largest absolute Gasteiger partial charge is 0.469 e. The van der Waals surface area contributed by atoms with E-state index in [9.17, 15) is 4.79 Å². The number of hydrogen-bond acceptors (Lipinski definition) is 4. The molecule has 0 aliphatic heterocycles. The van der Waals surface area contributed by atoms with Gasteiger partial charge in [-0.2, -0.15) is 11.8 Å². The van der Waals surface area contributed by atoms with Gasteiger partial charge in [0.15, 0.2) is 0 Å². The number of esters is 1. The monoisotopic (exact) mass is 239 g/mol. The Hall–Kier alpha value is -1.03. The number of hydrogen-bond donors (Lipinski definition) is 0. The van der Waals surface area contributed by atoms with Crippen molar-refractivity contribution in [3.63, 3.8) is 0 Å². The van der Waals surface area contributed by atoms with E-state index in [1.165, 1.54) is 12.7 Å². The molecule has 16 heavy (non-hydrogen) atoms. The van der Waals surface area contributed by atoms with Gasteiger partial charge in [-0.25, -0.2) is 0 Å². The van der Waals surface area contributed by atoms with Crippen LogP contribution < -0.4 is 0 Å². The summed E-state index contributed by atoms with van der Waals surface area (Å²) in [5.74, 6) is 0.881. The zero-order chi connectivity index (χ0) is 11.8. The van der Waals surface area contributed by atoms with Crippen LogP contribution in [0.3, 0.4) is 0 Å². The van der Waals surface area contributed by atoms with Crippen molar-refractivity contribution < 1.29 is 9.53 Å². The molecule has 0 bridgehead atoms. The molecule has 0 fully saturated rings. The predicted molar refractivity (Wildman–Crippen MR) is 66.5 cm³/mol. The van der Waals surface area contributed by atoms with Crippen LogP contribution in [-0.2, 0) is 16.0 Å². The Bertz CT molecular complexity index is 316. The van der Waals surface area contributed by atoms with Gasteiger partial charge in [-0.1, -0.05) is 6.92 Å². The number of nitrogens with zero attached hydrogens (tertiary/aromatic N) is 1. The zero-order valence-corrected chi connectivity index (χ0v) is 10.5. The summed E-state index contributed by atoms with van der Waals surface area (Å²) in [4.78, 5) is 15.0. The second-order valence-corrected chi connectivity index (χ2v) is 5.11. The lowest BCUT2D eigenvalue weighted by molar-refractivity contribution is -0.140. The van der Waals surface area contributed by atoms with Crippen molar-refractivity contribution in [2.24, 2.45) is 0 Å². The van der Waals surface area contributed by atoms with E-state index in [4.69, 9.17) is 0 Å². The summed E-state index contributed by atoms with van der Waals surface area (Å²) in [7, 11) is 1.43. The third-order valence-electron chi connectivity index (χ3n) is 2.22. The minimum Gasteiger partial charge on any atom is -0.469 e. The van der Waals surface area contributed by atoms with Crippen LogP contribution in [0.15, 0.2) is 24.5 Å². The number of aromatic nitrogens is 1. The lowest BCUT2D eigenvalue weighted by atomic mass is 10.2. The van der Waals surface area contributed by atoms with E-state index in [-0.39, 0.29) is 5.97 Å². The first kappa shape index (κ1) is 13.0. The first-order valence-electron chi connectivity index (χ1n) is 5.29. The molecule has 3 nitrogen and oxygen atoms in total. The standard InChI is InChI=1S/C12H17NO2S/c1-10(9-12(14)15-2)16-8-5-11-3-6-13-7-4-11/h3-4,6-7,10H,5,8-9H2,1-2H3. The molecule has 88 valence electrons. The fourth-order valence-electron chi connectivity index (χ4n) is 1.30. The molecule has 4 heteroatoms. The highest BCUT2D eigenvalue weighted by molar-refractivity contribution is 7.99. The van der Waals surface area contributed by atoms with Crippen molar-refractivity contribution in [3.8, 4) is 0 Å². The van der Waals surface area contributed by atoms with Crippen molar-refractivity contribution in [1.82, 2.24) is 4.98 Å². The van der Waals surface area contributed by atoms with Gasteiger partial charge in [0.05, 0.1) is 13.5 Å². The van der Waals surface area contributed by atoms with Gasteiger partial charge in [0.1, 0.15) is 0 Å². The maximum absolute atomic E-state index is 11.0. The molecule has 0 radical (unpaired) electrons. The number of ether oxygens (including phenoxy) is 1. The lowest BCUT2D eigenvalue weighted by Crippen LogP contribution is -2.09. The number of thioether (sulfide) groups is 1. The minimum atomic E-state index is -0.135. The third kappa shape index (κ3) is 5.16. The first-order chi connectivity index (χ1) is 7.72. The molecule has 0 saturated heterocycles. The smallest absolute Gasteiger partial charge is 0.306 e. The highest BCUT2D eigenvalue weighted by Crippen LogP contribution is 2.16. The highest BCUT2D eigenvalue weighted by atomic mass is 32.2. The Balaban J connectivity index is 2.18. The quantitative estimate of drug-likeness (QED) is 0.714. The first-order valence-corrected chi connectivity index (χ1v) is 6.34. The normalized spacial score (nSPS) is 12.1. The predicted octanol–water partition coefficient (Wildman–Crippen LogP) is 2.31. The fourth-order valence-corrected chi connectivity index (χ4v) is 2.31. The summed E-state index contributed by atoms with van der Waals surface area (Å²) < 4.78 is 4.62. The Morgan fingerprint density at radius 2 is 2.19 bits per heavy atom. The Labute approximate surface area is 101 Å². The van der Waals surface area contributed by atoms with Gasteiger partial charge >= 0.3 is 5.97 Å². The van der Waals surface area contributed by atoms with Crippen LogP contribution in [0.2, 0.25) is 0 Å². The molecule has 0 amide bonds. The van der Waals surface area contributed by atoms with Gasteiger partial charge < -0.3 is 4.74 Å². The average Bonchev–Trinajstić information content (AvgIpc) is 2.30. The number of carbonyl (C=O) groups is 1. The molecule has 1 rings (SSSR count). The average molecular weight is 239 g/mol. The van der Waals surface area contributed by atoms with Crippen molar-refractivity contribution >= 4 is 17.7 Å². The molecule has 1 aromatic heterocycles. The van der Waals surface area contributed by atoms with Crippen LogP contribution in [-0.4, -0.2) is 29.1 Å². The fraction of sp³-hybridized carbons (Fsp3) is 0.500. The number of aryl methyl sites for hydroxylation is 1. The molecule has 0 saturated carbocycles. The number of carbonyl (C=O) groups excluding carboxylic acids is 1. The van der Waals surface area contributed by atoms with Crippen LogP contribution in [0.5, 0.6) is 0 Å². The lowest BCUT2D eigenvalue weighted by Gasteiger charge is -2.09. The minimum absolute atomic E-state index is 0.135. The van der Waals surface area contributed by atoms with Crippen molar-refractivity contribution in [1.29, 1.82) is 0 Å². The van der Waals surface area contributed by atoms with E-state index in [1.54, 1.807) is 24.2 Å². The molecule has 0 N–H and O–H groups in total. The van der Waals surface area contributed by atoms with Crippen LogP contribution in [0.25, 0.3) is 0 Å². The Morgan fingerprint density at radius 3 is 2.81 bits per heavy atom. The Morgan fingerprint density at radius 1 is 1.50 bits per heavy atom. The van der Waals surface area contributed by atoms with Crippen LogP contribution in [0.4, 0.5) is 0 Å². The van der Waals surface area contributed by atoms with Crippen LogP contribution in [0, 0.1) is 0 Å². The summed E-state index contributed by atoms with van der Waals surface area (Å²) in [5, 5.41) is 0.314. The van der Waals surface area contributed by atoms with Gasteiger partial charge in [0.2, 0.25) is 0 Å². The molecule has 0 aromatic carbocycles. The third-order valence-corrected chi connectivity index (χ3v) is 3.40. The van der Waals surface area contributed by atoms with E-state index < -0.39 is 0 Å². The number of pyridine rings is 1. The van der Waals surface area contributed by atoms with E-state index >= 15 is 0 Å². The molecule has 0 aliphatic rings. The summed E-state index contributed by atoms with van der Waals surface area (Å²) in [6.07, 6.45) is 5.10. The van der Waals surface area contributed by atoms with Gasteiger partial charge in [-0.05, 0) is 29.9 Å². The van der Waals surface area contributed by atoms with Gasteiger partial charge in [-0.3, -0.25) is 9.78 Å². The molecule has 1 unspecified atom stereocenters. The van der Waals surface area contributed by atoms with E-state index in [1.807, 2.05) is 19.1 Å². The molecule has 1 heterocycles. The highest BCUT2D eigenvalue weighted by Gasteiger charge is 2.08. The molecule has 0 spiro atoms. The van der Waals surface area contributed by atoms with Crippen molar-refractivity contribution in [2.75, 3.05) is 12.9 Å². The zero-order valence-electron chi connectivity index (χ0n) is 9.68. The molecule has 0 aliphatic carbocycles. The van der Waals surface area contributed by atoms with E-state index in [2.05, 4.69) is 9.72 Å². The summed E-state index contributed by atoms with van der Waals surface area (Å²) in [6.45, 7) is 2.05. The number of methoxy groups -OCH3 is 1. The maximum atomic E-state index is 11.0. The number of rotatable bonds is 6. The second-order valence-electron chi connectivity index (χ2n) is 3.57. The van der Waals surface area contributed by atoms with Crippen molar-refractivity contribution in [3.05, 3.63) is 30.1 Å².